The summed E-state index contributed by atoms with van der Waals surface area (Å²) in [5.41, 5.74) is 2.11. The molecule has 0 amide bonds. The summed E-state index contributed by atoms with van der Waals surface area (Å²) in [7, 11) is 12.1. The first-order valence-corrected chi connectivity index (χ1v) is 24.7. The highest BCUT2D eigenvalue weighted by atomic mass is 33.7. The van der Waals surface area contributed by atoms with E-state index in [1.165, 1.54) is 9.40 Å². The van der Waals surface area contributed by atoms with E-state index in [1.54, 1.807) is 65.3 Å². The Balaban J connectivity index is 1.36. The predicted molar refractivity (Wildman–Crippen MR) is 197 cm³/mol. The Morgan fingerprint density at radius 2 is 0.955 bits per heavy atom. The highest BCUT2D eigenvalue weighted by molar-refractivity contribution is 9.26. The van der Waals surface area contributed by atoms with E-state index in [4.69, 9.17) is 36.5 Å². The SMILES string of the molecule is CO[Si](CCC(CSSSSCC(CC[Si](OC)(OC)OC)c1nc2ccccc2s1)c1nc2ccccc2s1)(OC)OC. The lowest BCUT2D eigenvalue weighted by Crippen LogP contribution is -2.42. The molecule has 0 spiro atoms. The molecule has 2 heterocycles. The minimum absolute atomic E-state index is 0.272. The number of hydrogen-bond donors (Lipinski definition) is 0. The largest absolute Gasteiger partial charge is 0.500 e. The first-order valence-electron chi connectivity index (χ1n) is 14.0. The third kappa shape index (κ3) is 9.68. The lowest BCUT2D eigenvalue weighted by atomic mass is 10.1. The van der Waals surface area contributed by atoms with Crippen LogP contribution >= 0.6 is 63.9 Å². The molecule has 0 bridgehead atoms. The van der Waals surface area contributed by atoms with Gasteiger partial charge in [0, 0.05) is 78.1 Å². The quantitative estimate of drug-likeness (QED) is 0.0464. The number of rotatable bonds is 21. The monoisotopic (exact) mass is 748 g/mol. The molecule has 4 rings (SSSR count). The fourth-order valence-corrected chi connectivity index (χ4v) is 17.4. The zero-order chi connectivity index (χ0) is 31.4. The molecule has 0 saturated carbocycles. The van der Waals surface area contributed by atoms with Gasteiger partial charge in [0.1, 0.15) is 0 Å². The Kier molecular flexibility index (Phi) is 15.3. The first-order chi connectivity index (χ1) is 21.4. The standard InChI is InChI=1S/C28H40N2O6S6Si2/c1-31-43(32-2,33-3)17-15-21(27-29-23-11-7-9-13-25(23)39-27)19-37-41-42-38-20-22(16-18-44(34-4,35-5)36-6)28-30-24-12-8-10-14-26(24)40-28/h7-14,21-22H,15-20H2,1-6H3. The van der Waals surface area contributed by atoms with Crippen LogP contribution in [0, 0.1) is 0 Å². The van der Waals surface area contributed by atoms with Gasteiger partial charge in [0.05, 0.1) is 30.4 Å². The smallest absolute Gasteiger partial charge is 0.377 e. The number of thiazole rings is 2. The van der Waals surface area contributed by atoms with Crippen molar-refractivity contribution in [1.29, 1.82) is 0 Å². The zero-order valence-corrected chi connectivity index (χ0v) is 32.7. The van der Waals surface area contributed by atoms with Crippen molar-refractivity contribution in [2.45, 2.75) is 36.8 Å². The van der Waals surface area contributed by atoms with Gasteiger partial charge >= 0.3 is 17.6 Å². The average molecular weight is 749 g/mol. The number of aromatic nitrogens is 2. The third-order valence-corrected chi connectivity index (χ3v) is 22.0. The van der Waals surface area contributed by atoms with Crippen molar-refractivity contribution in [3.63, 3.8) is 0 Å². The Morgan fingerprint density at radius 3 is 1.30 bits per heavy atom. The van der Waals surface area contributed by atoms with Crippen LogP contribution in [0.15, 0.2) is 48.5 Å². The molecule has 0 N–H and O–H groups in total. The van der Waals surface area contributed by atoms with Crippen LogP contribution in [0.2, 0.25) is 12.1 Å². The van der Waals surface area contributed by atoms with Crippen LogP contribution < -0.4 is 0 Å². The molecule has 0 aliphatic rings. The second kappa shape index (κ2) is 18.4. The maximum absolute atomic E-state index is 5.71. The minimum atomic E-state index is -2.68. The molecule has 8 nitrogen and oxygen atoms in total. The molecule has 16 heteroatoms. The third-order valence-electron chi connectivity index (χ3n) is 7.45. The minimum Gasteiger partial charge on any atom is -0.377 e. The Morgan fingerprint density at radius 1 is 0.591 bits per heavy atom. The Labute approximate surface area is 286 Å². The normalized spacial score (nSPS) is 14.0. The van der Waals surface area contributed by atoms with Crippen LogP contribution in [0.25, 0.3) is 20.4 Å². The molecule has 242 valence electrons. The maximum Gasteiger partial charge on any atom is 0.500 e. The van der Waals surface area contributed by atoms with Crippen molar-refractivity contribution in [3.8, 4) is 0 Å². The van der Waals surface area contributed by atoms with Crippen molar-refractivity contribution < 1.29 is 26.6 Å². The molecule has 4 aromatic rings. The summed E-state index contributed by atoms with van der Waals surface area (Å²) in [5.74, 6) is 2.41. The molecular formula is C28H40N2O6S6Si2. The zero-order valence-electron chi connectivity index (χ0n) is 25.8. The van der Waals surface area contributed by atoms with Crippen LogP contribution in [0.1, 0.15) is 34.7 Å². The van der Waals surface area contributed by atoms with Crippen LogP contribution in [-0.2, 0) is 26.6 Å². The van der Waals surface area contributed by atoms with Crippen molar-refractivity contribution >= 4 is 102 Å². The van der Waals surface area contributed by atoms with Crippen molar-refractivity contribution in [3.05, 3.63) is 58.5 Å². The van der Waals surface area contributed by atoms with Gasteiger partial charge in [0.2, 0.25) is 0 Å². The molecule has 0 aliphatic carbocycles. The van der Waals surface area contributed by atoms with Gasteiger partial charge in [-0.05, 0) is 56.8 Å². The van der Waals surface area contributed by atoms with Gasteiger partial charge in [0.15, 0.2) is 0 Å². The van der Waals surface area contributed by atoms with Crippen molar-refractivity contribution in [1.82, 2.24) is 9.97 Å². The van der Waals surface area contributed by atoms with E-state index in [0.717, 1.165) is 57.5 Å². The van der Waals surface area contributed by atoms with Crippen molar-refractivity contribution in [2.75, 3.05) is 54.2 Å². The summed E-state index contributed by atoms with van der Waals surface area (Å²) < 4.78 is 36.7. The predicted octanol–water partition coefficient (Wildman–Crippen LogP) is 8.99. The highest BCUT2D eigenvalue weighted by Gasteiger charge is 2.39. The van der Waals surface area contributed by atoms with Gasteiger partial charge in [-0.25, -0.2) is 9.97 Å². The summed E-state index contributed by atoms with van der Waals surface area (Å²) in [6.07, 6.45) is 1.77. The fraction of sp³-hybridized carbons (Fsp3) is 0.500. The number of nitrogens with zero attached hydrogens (tertiary/aromatic N) is 2. The number of hydrogen-bond acceptors (Lipinski definition) is 14. The van der Waals surface area contributed by atoms with E-state index in [-0.39, 0.29) is 11.8 Å². The topological polar surface area (TPSA) is 81.2 Å². The molecule has 0 saturated heterocycles. The van der Waals surface area contributed by atoms with E-state index >= 15 is 0 Å². The summed E-state index contributed by atoms with van der Waals surface area (Å²) in [5, 5.41) is 2.31. The molecule has 2 unspecified atom stereocenters. The highest BCUT2D eigenvalue weighted by Crippen LogP contribution is 2.48. The average Bonchev–Trinajstić information content (AvgIpc) is 3.70. The van der Waals surface area contributed by atoms with Gasteiger partial charge in [-0.3, -0.25) is 0 Å². The molecule has 2 aromatic heterocycles. The van der Waals surface area contributed by atoms with Gasteiger partial charge < -0.3 is 26.6 Å². The van der Waals surface area contributed by atoms with Crippen LogP contribution in [-0.4, -0.2) is 81.7 Å². The molecule has 0 radical (unpaired) electrons. The van der Waals surface area contributed by atoms with Gasteiger partial charge in [0.25, 0.3) is 0 Å². The van der Waals surface area contributed by atoms with E-state index in [1.807, 2.05) is 53.4 Å². The van der Waals surface area contributed by atoms with Crippen LogP contribution in [0.3, 0.4) is 0 Å². The summed E-state index contributed by atoms with van der Waals surface area (Å²) in [6.45, 7) is 0. The van der Waals surface area contributed by atoms with Crippen LogP contribution in [0.5, 0.6) is 0 Å². The first kappa shape index (κ1) is 36.6. The molecule has 0 fully saturated rings. The van der Waals surface area contributed by atoms with Crippen LogP contribution in [0.4, 0.5) is 0 Å². The molecule has 44 heavy (non-hydrogen) atoms. The van der Waals surface area contributed by atoms with Crippen molar-refractivity contribution in [2.24, 2.45) is 0 Å². The molecular weight excluding hydrogens is 709 g/mol. The van der Waals surface area contributed by atoms with Gasteiger partial charge in [-0.1, -0.05) is 45.9 Å². The fourth-order valence-electron chi connectivity index (χ4n) is 4.76. The second-order valence-corrected chi connectivity index (χ2v) is 24.2. The number of benzene rings is 2. The summed E-state index contributed by atoms with van der Waals surface area (Å²) in [6, 6.07) is 18.1. The number of para-hydroxylation sites is 2. The second-order valence-electron chi connectivity index (χ2n) is 9.81. The van der Waals surface area contributed by atoms with E-state index in [9.17, 15) is 0 Å². The van der Waals surface area contributed by atoms with Gasteiger partial charge in [-0.15, -0.1) is 22.7 Å². The maximum atomic E-state index is 5.71. The van der Waals surface area contributed by atoms with E-state index in [0.29, 0.717) is 0 Å². The summed E-state index contributed by atoms with van der Waals surface area (Å²) >= 11 is 3.55. The molecule has 2 aromatic carbocycles. The van der Waals surface area contributed by atoms with E-state index in [2.05, 4.69) is 36.4 Å². The molecule has 0 aliphatic heterocycles. The lowest BCUT2D eigenvalue weighted by molar-refractivity contribution is 0.122. The Hall–Kier alpha value is -0.186. The molecule has 2 atom stereocenters. The lowest BCUT2D eigenvalue weighted by Gasteiger charge is -2.26. The van der Waals surface area contributed by atoms with Gasteiger partial charge in [-0.2, -0.15) is 0 Å². The summed E-state index contributed by atoms with van der Waals surface area (Å²) in [4.78, 5) is 9.97. The Bertz CT molecular complexity index is 1240. The number of fused-ring (bicyclic) bond motifs is 2. The van der Waals surface area contributed by atoms with E-state index < -0.39 is 17.6 Å².